The highest BCUT2D eigenvalue weighted by Gasteiger charge is 2.42. The number of aliphatic hydroxyl groups excluding tert-OH is 3. The minimum absolute atomic E-state index is 0.157. The first-order valence-corrected chi connectivity index (χ1v) is 10.1. The van der Waals surface area contributed by atoms with Gasteiger partial charge in [-0.25, -0.2) is 8.78 Å². The summed E-state index contributed by atoms with van der Waals surface area (Å²) in [6.45, 7) is 2.49. The SMILES string of the molecule is COc1c(F)c(F)c2c3c([nH]c2c1F)C(C)(C)c1cc(OC[C@@H](O)[C@H](O)CO)ccc1C3=O. The fourth-order valence-electron chi connectivity index (χ4n) is 4.19. The molecular weight excluding hydrogens is 443 g/mol. The van der Waals surface area contributed by atoms with Crippen LogP contribution >= 0.6 is 0 Å². The number of hydrogen-bond donors (Lipinski definition) is 4. The smallest absolute Gasteiger partial charge is 0.204 e. The lowest BCUT2D eigenvalue weighted by Gasteiger charge is -2.32. The van der Waals surface area contributed by atoms with Gasteiger partial charge in [0, 0.05) is 16.7 Å². The maximum atomic E-state index is 14.9. The van der Waals surface area contributed by atoms with E-state index in [2.05, 4.69) is 9.72 Å². The van der Waals surface area contributed by atoms with Crippen molar-refractivity contribution in [1.82, 2.24) is 4.98 Å². The molecule has 0 unspecified atom stereocenters. The van der Waals surface area contributed by atoms with Crippen molar-refractivity contribution >= 4 is 16.7 Å². The van der Waals surface area contributed by atoms with Crippen molar-refractivity contribution in [3.05, 3.63) is 58.0 Å². The third-order valence-corrected chi connectivity index (χ3v) is 6.05. The van der Waals surface area contributed by atoms with Crippen molar-refractivity contribution in [2.24, 2.45) is 0 Å². The molecule has 2 aromatic carbocycles. The van der Waals surface area contributed by atoms with Crippen LogP contribution in [0.2, 0.25) is 0 Å². The van der Waals surface area contributed by atoms with Gasteiger partial charge in [-0.1, -0.05) is 13.8 Å². The van der Waals surface area contributed by atoms with Crippen LogP contribution in [0.3, 0.4) is 0 Å². The summed E-state index contributed by atoms with van der Waals surface area (Å²) in [5, 5.41) is 27.7. The standard InChI is InChI=1S/C23H22F3NO6/c1-23(2)11-6-9(33-8-13(30)12(29)7-28)4-5-10(11)20(31)15-14-16(24)17(25)21(32-3)18(26)19(14)27-22(15)23/h4-6,12-13,27-30H,7-8H2,1-3H3/t12-,13-/m1/s1. The number of aromatic amines is 1. The molecule has 4 rings (SSSR count). The van der Waals surface area contributed by atoms with Gasteiger partial charge >= 0.3 is 0 Å². The molecule has 0 spiro atoms. The third-order valence-electron chi connectivity index (χ3n) is 6.05. The topological polar surface area (TPSA) is 112 Å². The number of nitrogens with one attached hydrogen (secondary N) is 1. The first-order valence-electron chi connectivity index (χ1n) is 10.1. The molecular formula is C23H22F3NO6. The van der Waals surface area contributed by atoms with E-state index in [0.29, 0.717) is 5.56 Å². The van der Waals surface area contributed by atoms with Crippen LogP contribution < -0.4 is 9.47 Å². The monoisotopic (exact) mass is 465 g/mol. The van der Waals surface area contributed by atoms with E-state index in [1.165, 1.54) is 12.1 Å². The summed E-state index contributed by atoms with van der Waals surface area (Å²) in [7, 11) is 1.01. The summed E-state index contributed by atoms with van der Waals surface area (Å²) in [5.41, 5.74) is -0.614. The first-order chi connectivity index (χ1) is 15.5. The van der Waals surface area contributed by atoms with Crippen LogP contribution in [0, 0.1) is 17.5 Å². The van der Waals surface area contributed by atoms with Gasteiger partial charge in [0.15, 0.2) is 23.2 Å². The number of aliphatic hydroxyl groups is 3. The summed E-state index contributed by atoms with van der Waals surface area (Å²) in [5.74, 6) is -5.29. The molecule has 7 nitrogen and oxygen atoms in total. The zero-order chi connectivity index (χ0) is 24.2. The lowest BCUT2D eigenvalue weighted by atomic mass is 9.71. The van der Waals surface area contributed by atoms with Crippen molar-refractivity contribution in [1.29, 1.82) is 0 Å². The van der Waals surface area contributed by atoms with Gasteiger partial charge < -0.3 is 29.8 Å². The molecule has 1 aliphatic carbocycles. The number of hydrogen-bond acceptors (Lipinski definition) is 6. The Morgan fingerprint density at radius 3 is 2.42 bits per heavy atom. The van der Waals surface area contributed by atoms with Gasteiger partial charge in [0.2, 0.25) is 5.82 Å². The number of benzene rings is 2. The Bertz CT molecular complexity index is 1270. The second-order valence-corrected chi connectivity index (χ2v) is 8.39. The highest BCUT2D eigenvalue weighted by Crippen LogP contribution is 2.46. The van der Waals surface area contributed by atoms with Gasteiger partial charge in [-0.3, -0.25) is 4.79 Å². The number of H-pyrrole nitrogens is 1. The molecule has 10 heteroatoms. The molecule has 0 fully saturated rings. The third kappa shape index (κ3) is 3.36. The second kappa shape index (κ2) is 8.05. The van der Waals surface area contributed by atoms with Crippen molar-refractivity contribution in [3.8, 4) is 11.5 Å². The van der Waals surface area contributed by atoms with Crippen LogP contribution in [-0.4, -0.2) is 58.6 Å². The minimum atomic E-state index is -1.52. The minimum Gasteiger partial charge on any atom is -0.491 e. The quantitative estimate of drug-likeness (QED) is 0.417. The van der Waals surface area contributed by atoms with Gasteiger partial charge in [0.25, 0.3) is 0 Å². The number of aromatic nitrogens is 1. The molecule has 0 radical (unpaired) electrons. The molecule has 1 aromatic heterocycles. The normalized spacial score (nSPS) is 16.3. The van der Waals surface area contributed by atoms with E-state index >= 15 is 0 Å². The molecule has 0 saturated carbocycles. The van der Waals surface area contributed by atoms with Crippen molar-refractivity contribution < 1.29 is 42.8 Å². The van der Waals surface area contributed by atoms with Crippen LogP contribution in [-0.2, 0) is 5.41 Å². The maximum absolute atomic E-state index is 14.9. The molecule has 0 bridgehead atoms. The first kappa shape index (κ1) is 23.1. The summed E-state index contributed by atoms with van der Waals surface area (Å²) in [4.78, 5) is 16.1. The van der Waals surface area contributed by atoms with Gasteiger partial charge in [0.1, 0.15) is 24.6 Å². The highest BCUT2D eigenvalue weighted by molar-refractivity contribution is 6.20. The number of ether oxygens (including phenoxy) is 2. The van der Waals surface area contributed by atoms with E-state index in [0.717, 1.165) is 7.11 Å². The van der Waals surface area contributed by atoms with E-state index in [4.69, 9.17) is 9.84 Å². The van der Waals surface area contributed by atoms with Gasteiger partial charge in [-0.15, -0.1) is 0 Å². The fraction of sp³-hybridized carbons (Fsp3) is 0.348. The fourth-order valence-corrected chi connectivity index (χ4v) is 4.19. The van der Waals surface area contributed by atoms with Crippen LogP contribution in [0.5, 0.6) is 11.5 Å². The Kier molecular flexibility index (Phi) is 5.63. The number of fused-ring (bicyclic) bond motifs is 4. The van der Waals surface area contributed by atoms with E-state index in [9.17, 15) is 28.2 Å². The summed E-state index contributed by atoms with van der Waals surface area (Å²) in [6.07, 6.45) is -2.71. The molecule has 2 atom stereocenters. The largest absolute Gasteiger partial charge is 0.491 e. The number of ketones is 1. The molecule has 0 amide bonds. The lowest BCUT2D eigenvalue weighted by Crippen LogP contribution is -2.34. The molecule has 4 N–H and O–H groups in total. The number of carbonyl (C=O) groups excluding carboxylic acids is 1. The summed E-state index contributed by atoms with van der Waals surface area (Å²) in [6, 6.07) is 4.44. The predicted molar refractivity (Wildman–Crippen MR) is 111 cm³/mol. The Morgan fingerprint density at radius 2 is 1.79 bits per heavy atom. The van der Waals surface area contributed by atoms with Gasteiger partial charge in [-0.2, -0.15) is 4.39 Å². The van der Waals surface area contributed by atoms with Crippen molar-refractivity contribution in [3.63, 3.8) is 0 Å². The maximum Gasteiger partial charge on any atom is 0.204 e. The van der Waals surface area contributed by atoms with E-state index < -0.39 is 58.6 Å². The van der Waals surface area contributed by atoms with Crippen LogP contribution in [0.4, 0.5) is 13.2 Å². The predicted octanol–water partition coefficient (Wildman–Crippen LogP) is 2.56. The lowest BCUT2D eigenvalue weighted by molar-refractivity contribution is -0.0339. The number of halogens is 3. The molecule has 176 valence electrons. The molecule has 1 heterocycles. The number of carbonyl (C=O) groups is 1. The zero-order valence-corrected chi connectivity index (χ0v) is 18.0. The van der Waals surface area contributed by atoms with Crippen LogP contribution in [0.15, 0.2) is 18.2 Å². The Hall–Kier alpha value is -3.08. The Morgan fingerprint density at radius 1 is 1.09 bits per heavy atom. The highest BCUT2D eigenvalue weighted by atomic mass is 19.2. The zero-order valence-electron chi connectivity index (χ0n) is 18.0. The summed E-state index contributed by atoms with van der Waals surface area (Å²) < 4.78 is 54.3. The molecule has 33 heavy (non-hydrogen) atoms. The Balaban J connectivity index is 1.84. The molecule has 3 aromatic rings. The second-order valence-electron chi connectivity index (χ2n) is 8.39. The number of methoxy groups -OCH3 is 1. The average molecular weight is 465 g/mol. The summed E-state index contributed by atoms with van der Waals surface area (Å²) >= 11 is 0. The number of rotatable bonds is 6. The van der Waals surface area contributed by atoms with Crippen LogP contribution in [0.25, 0.3) is 10.9 Å². The Labute approximate surface area is 186 Å². The van der Waals surface area contributed by atoms with Crippen molar-refractivity contribution in [2.45, 2.75) is 31.5 Å². The molecule has 1 aliphatic rings. The van der Waals surface area contributed by atoms with Crippen LogP contribution in [0.1, 0.15) is 41.0 Å². The van der Waals surface area contributed by atoms with E-state index in [1.54, 1.807) is 19.9 Å². The van der Waals surface area contributed by atoms with Crippen molar-refractivity contribution in [2.75, 3.05) is 20.3 Å². The van der Waals surface area contributed by atoms with Gasteiger partial charge in [-0.05, 0) is 23.8 Å². The van der Waals surface area contributed by atoms with E-state index in [-0.39, 0.29) is 34.7 Å². The average Bonchev–Trinajstić information content (AvgIpc) is 3.22. The molecule has 0 aliphatic heterocycles. The van der Waals surface area contributed by atoms with E-state index in [1.807, 2.05) is 0 Å². The van der Waals surface area contributed by atoms with Gasteiger partial charge in [0.05, 0.1) is 30.2 Å². The molecule has 0 saturated heterocycles.